The monoisotopic (exact) mass is 208 g/mol. The van der Waals surface area contributed by atoms with E-state index in [2.05, 4.69) is 17.2 Å². The molecule has 1 heterocycles. The Morgan fingerprint density at radius 1 is 1.33 bits per heavy atom. The number of rotatable bonds is 2. The van der Waals surface area contributed by atoms with Crippen LogP contribution >= 0.6 is 0 Å². The third-order valence-corrected chi connectivity index (χ3v) is 3.11. The summed E-state index contributed by atoms with van der Waals surface area (Å²) >= 11 is 0. The molecule has 0 bridgehead atoms. The van der Waals surface area contributed by atoms with Gasteiger partial charge in [0, 0.05) is 24.0 Å². The molecule has 0 saturated heterocycles. The molecule has 2 rings (SSSR count). The molecule has 1 aromatic heterocycles. The summed E-state index contributed by atoms with van der Waals surface area (Å²) < 4.78 is 12.8. The molecule has 2 nitrogen and oxygen atoms in total. The average Bonchev–Trinajstić information content (AvgIpc) is 2.22. The van der Waals surface area contributed by atoms with Gasteiger partial charge in [-0.25, -0.2) is 4.98 Å². The molecule has 1 saturated carbocycles. The minimum Gasteiger partial charge on any atom is -0.382 e. The molecule has 1 aromatic rings. The zero-order valence-corrected chi connectivity index (χ0v) is 9.04. The van der Waals surface area contributed by atoms with Crippen molar-refractivity contribution in [2.24, 2.45) is 5.92 Å². The van der Waals surface area contributed by atoms with Crippen LogP contribution in [0.4, 0.5) is 10.1 Å². The van der Waals surface area contributed by atoms with Crippen LogP contribution in [-0.4, -0.2) is 11.0 Å². The van der Waals surface area contributed by atoms with Gasteiger partial charge in [0.15, 0.2) is 0 Å². The van der Waals surface area contributed by atoms with E-state index >= 15 is 0 Å². The Kier molecular flexibility index (Phi) is 3.19. The molecule has 0 atom stereocenters. The van der Waals surface area contributed by atoms with E-state index in [0.29, 0.717) is 6.04 Å². The highest BCUT2D eigenvalue weighted by Gasteiger charge is 2.17. The molecule has 82 valence electrons. The van der Waals surface area contributed by atoms with Crippen molar-refractivity contribution in [2.45, 2.75) is 38.6 Å². The maximum Gasteiger partial charge on any atom is 0.214 e. The van der Waals surface area contributed by atoms with Gasteiger partial charge in [-0.1, -0.05) is 6.92 Å². The fourth-order valence-corrected chi connectivity index (χ4v) is 2.13. The van der Waals surface area contributed by atoms with E-state index in [0.717, 1.165) is 11.6 Å². The fraction of sp³-hybridized carbons (Fsp3) is 0.583. The largest absolute Gasteiger partial charge is 0.382 e. The highest BCUT2D eigenvalue weighted by Crippen LogP contribution is 2.25. The Morgan fingerprint density at radius 3 is 2.73 bits per heavy atom. The highest BCUT2D eigenvalue weighted by atomic mass is 19.1. The molecule has 15 heavy (non-hydrogen) atoms. The smallest absolute Gasteiger partial charge is 0.214 e. The summed E-state index contributed by atoms with van der Waals surface area (Å²) in [6, 6.07) is 3.78. The van der Waals surface area contributed by atoms with Gasteiger partial charge in [-0.05, 0) is 37.7 Å². The number of anilines is 1. The van der Waals surface area contributed by atoms with E-state index in [1.54, 1.807) is 0 Å². The molecule has 0 aliphatic heterocycles. The molecule has 1 N–H and O–H groups in total. The van der Waals surface area contributed by atoms with Crippen molar-refractivity contribution < 1.29 is 4.39 Å². The number of halogens is 1. The molecular weight excluding hydrogens is 191 g/mol. The van der Waals surface area contributed by atoms with Gasteiger partial charge in [0.25, 0.3) is 0 Å². The molecule has 0 amide bonds. The molecule has 0 aromatic carbocycles. The van der Waals surface area contributed by atoms with Crippen LogP contribution < -0.4 is 5.32 Å². The second-order valence-corrected chi connectivity index (χ2v) is 4.47. The Hall–Kier alpha value is -1.12. The lowest BCUT2D eigenvalue weighted by molar-refractivity contribution is 0.361. The third kappa shape index (κ3) is 2.91. The van der Waals surface area contributed by atoms with Crippen LogP contribution in [0.3, 0.4) is 0 Å². The zero-order chi connectivity index (χ0) is 10.7. The van der Waals surface area contributed by atoms with Gasteiger partial charge in [0.05, 0.1) is 0 Å². The van der Waals surface area contributed by atoms with Crippen molar-refractivity contribution in [3.8, 4) is 0 Å². The lowest BCUT2D eigenvalue weighted by Crippen LogP contribution is -2.25. The van der Waals surface area contributed by atoms with Crippen molar-refractivity contribution in [2.75, 3.05) is 5.32 Å². The van der Waals surface area contributed by atoms with E-state index in [1.165, 1.54) is 37.9 Å². The molecule has 1 aliphatic rings. The summed E-state index contributed by atoms with van der Waals surface area (Å²) in [5.41, 5.74) is 0.849. The first kappa shape index (κ1) is 10.4. The number of hydrogen-bond acceptors (Lipinski definition) is 2. The molecule has 0 spiro atoms. The number of hydrogen-bond donors (Lipinski definition) is 1. The number of nitrogens with one attached hydrogen (secondary N) is 1. The first-order valence-corrected chi connectivity index (χ1v) is 5.62. The van der Waals surface area contributed by atoms with Gasteiger partial charge in [0.2, 0.25) is 5.95 Å². The van der Waals surface area contributed by atoms with Crippen LogP contribution in [-0.2, 0) is 0 Å². The van der Waals surface area contributed by atoms with Crippen molar-refractivity contribution in [1.82, 2.24) is 4.98 Å². The minimum absolute atomic E-state index is 0.413. The Labute approximate surface area is 89.9 Å². The van der Waals surface area contributed by atoms with Crippen LogP contribution in [0, 0.1) is 11.9 Å². The Balaban J connectivity index is 1.92. The van der Waals surface area contributed by atoms with Gasteiger partial charge in [0.1, 0.15) is 0 Å². The molecule has 0 unspecified atom stereocenters. The van der Waals surface area contributed by atoms with Gasteiger partial charge >= 0.3 is 0 Å². The summed E-state index contributed by atoms with van der Waals surface area (Å²) in [6.07, 6.45) is 6.41. The summed E-state index contributed by atoms with van der Waals surface area (Å²) in [6.45, 7) is 2.29. The second-order valence-electron chi connectivity index (χ2n) is 4.47. The number of pyridine rings is 1. The van der Waals surface area contributed by atoms with Gasteiger partial charge < -0.3 is 5.32 Å². The van der Waals surface area contributed by atoms with Crippen molar-refractivity contribution >= 4 is 5.69 Å². The predicted molar refractivity (Wildman–Crippen MR) is 59.2 cm³/mol. The Morgan fingerprint density at radius 2 is 2.07 bits per heavy atom. The SMILES string of the molecule is CC1CCC(Nc2ccnc(F)c2)CC1. The second kappa shape index (κ2) is 4.60. The molecule has 0 radical (unpaired) electrons. The lowest BCUT2D eigenvalue weighted by Gasteiger charge is -2.27. The van der Waals surface area contributed by atoms with Crippen molar-refractivity contribution in [3.63, 3.8) is 0 Å². The molecule has 1 aliphatic carbocycles. The fourth-order valence-electron chi connectivity index (χ4n) is 2.13. The van der Waals surface area contributed by atoms with Crippen molar-refractivity contribution in [1.29, 1.82) is 0 Å². The highest BCUT2D eigenvalue weighted by molar-refractivity contribution is 5.42. The van der Waals surface area contributed by atoms with E-state index in [4.69, 9.17) is 0 Å². The summed E-state index contributed by atoms with van der Waals surface area (Å²) in [5, 5.41) is 3.36. The van der Waals surface area contributed by atoms with Gasteiger partial charge in [-0.2, -0.15) is 4.39 Å². The van der Waals surface area contributed by atoms with Gasteiger partial charge in [-0.15, -0.1) is 0 Å². The van der Waals surface area contributed by atoms with E-state index in [-0.39, 0.29) is 0 Å². The predicted octanol–water partition coefficient (Wildman–Crippen LogP) is 3.21. The lowest BCUT2D eigenvalue weighted by atomic mass is 9.87. The Bertz CT molecular complexity index is 319. The van der Waals surface area contributed by atoms with E-state index in [9.17, 15) is 4.39 Å². The first-order valence-electron chi connectivity index (χ1n) is 5.62. The third-order valence-electron chi connectivity index (χ3n) is 3.11. The average molecular weight is 208 g/mol. The van der Waals surface area contributed by atoms with E-state index < -0.39 is 5.95 Å². The standard InChI is InChI=1S/C12H17FN2/c1-9-2-4-10(5-3-9)15-11-6-7-14-12(13)8-11/h6-10H,2-5H2,1H3,(H,14,15). The number of aromatic nitrogens is 1. The quantitative estimate of drug-likeness (QED) is 0.755. The molecule has 3 heteroatoms. The summed E-state index contributed by atoms with van der Waals surface area (Å²) in [7, 11) is 0. The van der Waals surface area contributed by atoms with E-state index in [1.807, 2.05) is 6.07 Å². The first-order chi connectivity index (χ1) is 7.24. The topological polar surface area (TPSA) is 24.9 Å². The van der Waals surface area contributed by atoms with Crippen LogP contribution in [0.1, 0.15) is 32.6 Å². The zero-order valence-electron chi connectivity index (χ0n) is 9.04. The van der Waals surface area contributed by atoms with Crippen LogP contribution in [0.25, 0.3) is 0 Å². The maximum absolute atomic E-state index is 12.8. The van der Waals surface area contributed by atoms with Crippen LogP contribution in [0.5, 0.6) is 0 Å². The summed E-state index contributed by atoms with van der Waals surface area (Å²) in [5.74, 6) is 0.432. The minimum atomic E-state index is -0.413. The maximum atomic E-state index is 12.8. The number of nitrogens with zero attached hydrogens (tertiary/aromatic N) is 1. The normalized spacial score (nSPS) is 26.3. The van der Waals surface area contributed by atoms with Gasteiger partial charge in [-0.3, -0.25) is 0 Å². The van der Waals surface area contributed by atoms with Crippen molar-refractivity contribution in [3.05, 3.63) is 24.3 Å². The van der Waals surface area contributed by atoms with Crippen LogP contribution in [0.15, 0.2) is 18.3 Å². The van der Waals surface area contributed by atoms with Crippen LogP contribution in [0.2, 0.25) is 0 Å². The molecular formula is C12H17FN2. The summed E-state index contributed by atoms with van der Waals surface area (Å²) in [4.78, 5) is 3.54. The molecule has 1 fully saturated rings.